The van der Waals surface area contributed by atoms with E-state index >= 15 is 0 Å². The highest BCUT2D eigenvalue weighted by Crippen LogP contribution is 2.21. The summed E-state index contributed by atoms with van der Waals surface area (Å²) in [6.07, 6.45) is 0.649. The van der Waals surface area contributed by atoms with Crippen LogP contribution in [-0.2, 0) is 16.4 Å². The minimum Gasteiger partial charge on any atom is -0.492 e. The van der Waals surface area contributed by atoms with Gasteiger partial charge in [-0.3, -0.25) is 0 Å². The van der Waals surface area contributed by atoms with Crippen LogP contribution in [-0.4, -0.2) is 21.6 Å². The second-order valence-electron chi connectivity index (χ2n) is 4.66. The van der Waals surface area contributed by atoms with Crippen LogP contribution in [0.3, 0.4) is 0 Å². The molecule has 0 radical (unpaired) electrons. The van der Waals surface area contributed by atoms with Crippen LogP contribution in [0.15, 0.2) is 57.9 Å². The summed E-state index contributed by atoms with van der Waals surface area (Å²) in [4.78, 5) is 0.318. The van der Waals surface area contributed by atoms with Crippen molar-refractivity contribution in [3.8, 4) is 5.75 Å². The summed E-state index contributed by atoms with van der Waals surface area (Å²) in [5, 5.41) is 0. The lowest BCUT2D eigenvalue weighted by Crippen LogP contribution is -2.29. The molecular weight excluding hydrogens is 366 g/mol. The number of sulfonamides is 1. The van der Waals surface area contributed by atoms with E-state index in [1.807, 2.05) is 43.3 Å². The molecule has 6 heteroatoms. The Morgan fingerprint density at radius 1 is 1.14 bits per heavy atom. The van der Waals surface area contributed by atoms with Crippen LogP contribution in [0.5, 0.6) is 5.75 Å². The number of hydrogen-bond acceptors (Lipinski definition) is 3. The Balaban J connectivity index is 1.97. The van der Waals surface area contributed by atoms with Crippen LogP contribution in [0.4, 0.5) is 0 Å². The van der Waals surface area contributed by atoms with Gasteiger partial charge in [-0.2, -0.15) is 0 Å². The third kappa shape index (κ3) is 4.56. The first-order valence-electron chi connectivity index (χ1n) is 6.99. The third-order valence-electron chi connectivity index (χ3n) is 3.10. The second-order valence-corrected chi connectivity index (χ2v) is 7.32. The van der Waals surface area contributed by atoms with Crippen molar-refractivity contribution in [3.05, 3.63) is 58.6 Å². The molecule has 0 aliphatic rings. The van der Waals surface area contributed by atoms with Crippen LogP contribution in [0.1, 0.15) is 12.5 Å². The van der Waals surface area contributed by atoms with Gasteiger partial charge in [0.25, 0.3) is 0 Å². The SMILES string of the molecule is CCc1cc(Br)ccc1S(=O)(=O)NCCOc1ccccc1. The van der Waals surface area contributed by atoms with Gasteiger partial charge in [-0.25, -0.2) is 13.1 Å². The number of aryl methyl sites for hydroxylation is 1. The number of rotatable bonds is 7. The summed E-state index contributed by atoms with van der Waals surface area (Å²) in [7, 11) is -3.53. The Morgan fingerprint density at radius 3 is 2.55 bits per heavy atom. The Bertz CT molecular complexity index is 717. The van der Waals surface area contributed by atoms with Gasteiger partial charge in [0.15, 0.2) is 0 Å². The molecule has 0 spiro atoms. The quantitative estimate of drug-likeness (QED) is 0.745. The maximum absolute atomic E-state index is 12.4. The molecule has 0 bridgehead atoms. The summed E-state index contributed by atoms with van der Waals surface area (Å²) < 4.78 is 33.6. The zero-order valence-electron chi connectivity index (χ0n) is 12.3. The van der Waals surface area contributed by atoms with Crippen molar-refractivity contribution < 1.29 is 13.2 Å². The zero-order chi connectivity index (χ0) is 16.0. The molecule has 118 valence electrons. The average Bonchev–Trinajstić information content (AvgIpc) is 2.52. The predicted molar refractivity (Wildman–Crippen MR) is 90.6 cm³/mol. The number of hydrogen-bond donors (Lipinski definition) is 1. The van der Waals surface area contributed by atoms with Crippen LogP contribution in [0.25, 0.3) is 0 Å². The van der Waals surface area contributed by atoms with Gasteiger partial charge in [-0.15, -0.1) is 0 Å². The van der Waals surface area contributed by atoms with Crippen molar-refractivity contribution >= 4 is 26.0 Å². The summed E-state index contributed by atoms with van der Waals surface area (Å²) >= 11 is 3.36. The summed E-state index contributed by atoms with van der Waals surface area (Å²) in [6.45, 7) is 2.43. The number of halogens is 1. The molecule has 4 nitrogen and oxygen atoms in total. The van der Waals surface area contributed by atoms with Crippen LogP contribution in [0, 0.1) is 0 Å². The summed E-state index contributed by atoms with van der Waals surface area (Å²) in [5.74, 6) is 0.722. The fourth-order valence-electron chi connectivity index (χ4n) is 2.03. The van der Waals surface area contributed by atoms with Gasteiger partial charge >= 0.3 is 0 Å². The van der Waals surface area contributed by atoms with E-state index in [1.165, 1.54) is 0 Å². The molecule has 0 aromatic heterocycles. The van der Waals surface area contributed by atoms with E-state index in [-0.39, 0.29) is 13.2 Å². The molecule has 0 aliphatic carbocycles. The highest BCUT2D eigenvalue weighted by Gasteiger charge is 2.17. The lowest BCUT2D eigenvalue weighted by Gasteiger charge is -2.11. The van der Waals surface area contributed by atoms with Gasteiger partial charge in [-0.1, -0.05) is 41.1 Å². The Kier molecular flexibility index (Phi) is 5.99. The Morgan fingerprint density at radius 2 is 1.86 bits per heavy atom. The topological polar surface area (TPSA) is 55.4 Å². The first-order valence-corrected chi connectivity index (χ1v) is 9.26. The molecule has 2 aromatic rings. The van der Waals surface area contributed by atoms with Crippen molar-refractivity contribution in [2.75, 3.05) is 13.2 Å². The Labute approximate surface area is 139 Å². The molecule has 0 aliphatic heterocycles. The molecule has 0 amide bonds. The maximum Gasteiger partial charge on any atom is 0.240 e. The van der Waals surface area contributed by atoms with E-state index < -0.39 is 10.0 Å². The molecule has 22 heavy (non-hydrogen) atoms. The smallest absolute Gasteiger partial charge is 0.240 e. The van der Waals surface area contributed by atoms with Crippen molar-refractivity contribution in [1.29, 1.82) is 0 Å². The molecule has 0 unspecified atom stereocenters. The largest absolute Gasteiger partial charge is 0.492 e. The standard InChI is InChI=1S/C16H18BrNO3S/c1-2-13-12-14(17)8-9-16(13)22(19,20)18-10-11-21-15-6-4-3-5-7-15/h3-9,12,18H,2,10-11H2,1H3. The molecule has 0 saturated heterocycles. The first-order chi connectivity index (χ1) is 10.5. The van der Waals surface area contributed by atoms with Gasteiger partial charge < -0.3 is 4.74 Å². The van der Waals surface area contributed by atoms with Crippen molar-refractivity contribution in [2.24, 2.45) is 0 Å². The van der Waals surface area contributed by atoms with E-state index in [1.54, 1.807) is 12.1 Å². The van der Waals surface area contributed by atoms with E-state index in [0.29, 0.717) is 11.3 Å². The predicted octanol–water partition coefficient (Wildman–Crippen LogP) is 3.37. The second kappa shape index (κ2) is 7.76. The molecule has 2 aromatic carbocycles. The van der Waals surface area contributed by atoms with Crippen LogP contribution < -0.4 is 9.46 Å². The zero-order valence-corrected chi connectivity index (χ0v) is 14.7. The van der Waals surface area contributed by atoms with Crippen molar-refractivity contribution in [1.82, 2.24) is 4.72 Å². The molecule has 0 atom stereocenters. The molecule has 0 saturated carbocycles. The molecule has 2 rings (SSSR count). The number of benzene rings is 2. The molecular formula is C16H18BrNO3S. The molecule has 0 heterocycles. The monoisotopic (exact) mass is 383 g/mol. The fraction of sp³-hybridized carbons (Fsp3) is 0.250. The van der Waals surface area contributed by atoms with E-state index in [4.69, 9.17) is 4.74 Å². The van der Waals surface area contributed by atoms with E-state index in [0.717, 1.165) is 15.8 Å². The normalized spacial score (nSPS) is 11.4. The van der Waals surface area contributed by atoms with Crippen molar-refractivity contribution in [3.63, 3.8) is 0 Å². The first kappa shape index (κ1) is 17.0. The fourth-order valence-corrected chi connectivity index (χ4v) is 3.74. The van der Waals surface area contributed by atoms with Crippen LogP contribution in [0.2, 0.25) is 0 Å². The third-order valence-corrected chi connectivity index (χ3v) is 5.15. The van der Waals surface area contributed by atoms with Crippen molar-refractivity contribution in [2.45, 2.75) is 18.2 Å². The number of para-hydroxylation sites is 1. The Hall–Kier alpha value is -1.37. The summed E-state index contributed by atoms with van der Waals surface area (Å²) in [5.41, 5.74) is 0.783. The van der Waals surface area contributed by atoms with E-state index in [2.05, 4.69) is 20.7 Å². The minimum atomic E-state index is -3.53. The molecule has 1 N–H and O–H groups in total. The highest BCUT2D eigenvalue weighted by atomic mass is 79.9. The van der Waals surface area contributed by atoms with Gasteiger partial charge in [0.1, 0.15) is 12.4 Å². The van der Waals surface area contributed by atoms with Gasteiger partial charge in [0, 0.05) is 11.0 Å². The molecule has 0 fully saturated rings. The van der Waals surface area contributed by atoms with Gasteiger partial charge in [0.05, 0.1) is 4.90 Å². The van der Waals surface area contributed by atoms with E-state index in [9.17, 15) is 8.42 Å². The van der Waals surface area contributed by atoms with Gasteiger partial charge in [0.2, 0.25) is 10.0 Å². The maximum atomic E-state index is 12.4. The van der Waals surface area contributed by atoms with Crippen LogP contribution >= 0.6 is 15.9 Å². The highest BCUT2D eigenvalue weighted by molar-refractivity contribution is 9.10. The minimum absolute atomic E-state index is 0.219. The number of ether oxygens (including phenoxy) is 1. The van der Waals surface area contributed by atoms with Gasteiger partial charge in [-0.05, 0) is 42.3 Å². The number of nitrogens with one attached hydrogen (secondary N) is 1. The summed E-state index contributed by atoms with van der Waals surface area (Å²) in [6, 6.07) is 14.5. The average molecular weight is 384 g/mol. The lowest BCUT2D eigenvalue weighted by atomic mass is 10.2. The lowest BCUT2D eigenvalue weighted by molar-refractivity contribution is 0.323.